The molecule has 0 aliphatic heterocycles. The predicted molar refractivity (Wildman–Crippen MR) is 75.3 cm³/mol. The van der Waals surface area contributed by atoms with Gasteiger partial charge in [0.1, 0.15) is 5.69 Å². The summed E-state index contributed by atoms with van der Waals surface area (Å²) in [4.78, 5) is 16.2. The van der Waals surface area contributed by atoms with Gasteiger partial charge < -0.3 is 15.6 Å². The number of benzene rings is 1. The number of hydrogen-bond acceptors (Lipinski definition) is 4. The first-order chi connectivity index (χ1) is 9.78. The van der Waals surface area contributed by atoms with E-state index >= 15 is 0 Å². The zero-order valence-corrected chi connectivity index (χ0v) is 10.7. The van der Waals surface area contributed by atoms with Gasteiger partial charge in [0.15, 0.2) is 0 Å². The van der Waals surface area contributed by atoms with E-state index in [1.54, 1.807) is 23.3 Å². The van der Waals surface area contributed by atoms with E-state index in [2.05, 4.69) is 20.5 Å². The van der Waals surface area contributed by atoms with Gasteiger partial charge in [-0.1, -0.05) is 12.1 Å². The number of hydrogen-bond donors (Lipinski definition) is 3. The number of amides is 1. The fraction of sp³-hybridized carbons (Fsp3) is 0.154. The number of H-pyrrole nitrogens is 1. The lowest BCUT2D eigenvalue weighted by Crippen LogP contribution is -2.13. The Balaban J connectivity index is 1.83. The molecule has 4 N–H and O–H groups in total. The maximum atomic E-state index is 12.1. The van der Waals surface area contributed by atoms with E-state index in [-0.39, 0.29) is 5.91 Å². The monoisotopic (exact) mass is 270 g/mol. The van der Waals surface area contributed by atoms with Crippen LogP contribution >= 0.6 is 0 Å². The molecule has 1 aromatic carbocycles. The van der Waals surface area contributed by atoms with Gasteiger partial charge in [-0.05, 0) is 6.07 Å². The van der Waals surface area contributed by atoms with E-state index in [1.807, 2.05) is 18.2 Å². The third-order valence-corrected chi connectivity index (χ3v) is 2.98. The molecule has 20 heavy (non-hydrogen) atoms. The van der Waals surface area contributed by atoms with Crippen molar-refractivity contribution in [3.05, 3.63) is 42.6 Å². The van der Waals surface area contributed by atoms with Gasteiger partial charge >= 0.3 is 0 Å². The van der Waals surface area contributed by atoms with Crippen LogP contribution in [0.25, 0.3) is 10.9 Å². The van der Waals surface area contributed by atoms with Crippen molar-refractivity contribution in [3.63, 3.8) is 0 Å². The van der Waals surface area contributed by atoms with Crippen molar-refractivity contribution in [1.29, 1.82) is 0 Å². The Bertz CT molecular complexity index is 744. The number of aromatic amines is 1. The molecule has 1 amide bonds. The van der Waals surface area contributed by atoms with E-state index < -0.39 is 0 Å². The maximum absolute atomic E-state index is 12.1. The number of nitrogens with two attached hydrogens (primary N) is 1. The van der Waals surface area contributed by atoms with Crippen LogP contribution in [0.15, 0.2) is 36.9 Å². The van der Waals surface area contributed by atoms with Gasteiger partial charge in [-0.2, -0.15) is 5.10 Å². The Kier molecular flexibility index (Phi) is 3.18. The summed E-state index contributed by atoms with van der Waals surface area (Å²) in [6.45, 7) is 1.14. The number of aromatic nitrogens is 4. The highest BCUT2D eigenvalue weighted by atomic mass is 16.1. The Hall–Kier alpha value is -2.67. The molecule has 0 aliphatic carbocycles. The van der Waals surface area contributed by atoms with Crippen molar-refractivity contribution in [1.82, 2.24) is 19.7 Å². The van der Waals surface area contributed by atoms with Crippen LogP contribution in [0.3, 0.4) is 0 Å². The first-order valence-electron chi connectivity index (χ1n) is 6.23. The summed E-state index contributed by atoms with van der Waals surface area (Å²) in [5.74, 6) is -0.261. The Morgan fingerprint density at radius 3 is 3.20 bits per heavy atom. The summed E-state index contributed by atoms with van der Waals surface area (Å²) in [6.07, 6.45) is 4.98. The molecule has 0 saturated carbocycles. The third kappa shape index (κ3) is 2.26. The minimum Gasteiger partial charge on any atom is -0.335 e. The van der Waals surface area contributed by atoms with Crippen molar-refractivity contribution in [2.24, 2.45) is 5.73 Å². The van der Waals surface area contributed by atoms with Crippen LogP contribution in [0.2, 0.25) is 0 Å². The van der Waals surface area contributed by atoms with Crippen LogP contribution in [0, 0.1) is 0 Å². The van der Waals surface area contributed by atoms with Gasteiger partial charge in [-0.3, -0.25) is 9.89 Å². The third-order valence-electron chi connectivity index (χ3n) is 2.98. The summed E-state index contributed by atoms with van der Waals surface area (Å²) in [6, 6.07) is 5.60. The lowest BCUT2D eigenvalue weighted by atomic mass is 10.2. The number of para-hydroxylation sites is 1. The molecule has 2 heterocycles. The molecular weight excluding hydrogens is 256 g/mol. The minimum absolute atomic E-state index is 0.261. The van der Waals surface area contributed by atoms with Crippen LogP contribution < -0.4 is 11.1 Å². The molecule has 0 aliphatic rings. The highest BCUT2D eigenvalue weighted by Gasteiger charge is 2.11. The van der Waals surface area contributed by atoms with Crippen LogP contribution in [0.1, 0.15) is 10.5 Å². The fourth-order valence-electron chi connectivity index (χ4n) is 2.01. The molecule has 3 rings (SSSR count). The lowest BCUT2D eigenvalue weighted by molar-refractivity contribution is 0.102. The van der Waals surface area contributed by atoms with Crippen molar-refractivity contribution in [2.75, 3.05) is 11.9 Å². The van der Waals surface area contributed by atoms with Crippen molar-refractivity contribution < 1.29 is 4.79 Å². The normalized spacial score (nSPS) is 10.8. The molecular formula is C13H14N6O. The summed E-state index contributed by atoms with van der Waals surface area (Å²) in [5.41, 5.74) is 7.29. The SMILES string of the molecule is NCCn1cnc(C(=O)Nc2cccc3cn[nH]c23)c1. The number of nitrogens with zero attached hydrogens (tertiary/aromatic N) is 3. The molecule has 0 unspecified atom stereocenters. The van der Waals surface area contributed by atoms with Gasteiger partial charge in [-0.25, -0.2) is 4.98 Å². The largest absolute Gasteiger partial charge is 0.335 e. The highest BCUT2D eigenvalue weighted by Crippen LogP contribution is 2.20. The maximum Gasteiger partial charge on any atom is 0.275 e. The zero-order chi connectivity index (χ0) is 13.9. The van der Waals surface area contributed by atoms with Crippen LogP contribution in [-0.2, 0) is 6.54 Å². The van der Waals surface area contributed by atoms with Crippen LogP contribution in [0.4, 0.5) is 5.69 Å². The number of anilines is 1. The number of imidazole rings is 1. The van der Waals surface area contributed by atoms with Gasteiger partial charge in [0.05, 0.1) is 23.7 Å². The second-order valence-corrected chi connectivity index (χ2v) is 4.38. The molecule has 0 radical (unpaired) electrons. The number of carbonyl (C=O) groups is 1. The molecule has 0 fully saturated rings. The number of rotatable bonds is 4. The van der Waals surface area contributed by atoms with Crippen LogP contribution in [-0.4, -0.2) is 32.2 Å². The molecule has 7 nitrogen and oxygen atoms in total. The Morgan fingerprint density at radius 1 is 1.45 bits per heavy atom. The molecule has 7 heteroatoms. The smallest absolute Gasteiger partial charge is 0.275 e. The first kappa shape index (κ1) is 12.4. The van der Waals surface area contributed by atoms with E-state index in [0.717, 1.165) is 10.9 Å². The summed E-state index contributed by atoms with van der Waals surface area (Å²) in [7, 11) is 0. The van der Waals surface area contributed by atoms with Crippen molar-refractivity contribution in [2.45, 2.75) is 6.54 Å². The topological polar surface area (TPSA) is 102 Å². The van der Waals surface area contributed by atoms with Gasteiger partial charge in [0.25, 0.3) is 5.91 Å². The Labute approximate surface area is 114 Å². The number of nitrogens with one attached hydrogen (secondary N) is 2. The average Bonchev–Trinajstić information content (AvgIpc) is 3.08. The Morgan fingerprint density at radius 2 is 2.35 bits per heavy atom. The molecule has 102 valence electrons. The quantitative estimate of drug-likeness (QED) is 0.657. The summed E-state index contributed by atoms with van der Waals surface area (Å²) in [5, 5.41) is 10.6. The molecule has 2 aromatic heterocycles. The van der Waals surface area contributed by atoms with Gasteiger partial charge in [0, 0.05) is 24.7 Å². The van der Waals surface area contributed by atoms with E-state index in [0.29, 0.717) is 24.5 Å². The van der Waals surface area contributed by atoms with E-state index in [1.165, 1.54) is 0 Å². The minimum atomic E-state index is -0.261. The number of fused-ring (bicyclic) bond motifs is 1. The molecule has 0 atom stereocenters. The number of carbonyl (C=O) groups excluding carboxylic acids is 1. The highest BCUT2D eigenvalue weighted by molar-refractivity contribution is 6.07. The molecule has 0 bridgehead atoms. The second-order valence-electron chi connectivity index (χ2n) is 4.38. The van der Waals surface area contributed by atoms with Crippen LogP contribution in [0.5, 0.6) is 0 Å². The molecule has 0 spiro atoms. The first-order valence-corrected chi connectivity index (χ1v) is 6.23. The predicted octanol–water partition coefficient (Wildman–Crippen LogP) is 0.970. The summed E-state index contributed by atoms with van der Waals surface area (Å²) < 4.78 is 1.78. The second kappa shape index (κ2) is 5.14. The fourth-order valence-corrected chi connectivity index (χ4v) is 2.01. The molecule has 3 aromatic rings. The van der Waals surface area contributed by atoms with Gasteiger partial charge in [-0.15, -0.1) is 0 Å². The standard InChI is InChI=1S/C13H14N6O/c14-4-5-19-7-11(15-8-19)13(20)17-10-3-1-2-9-6-16-18-12(9)10/h1-3,6-8H,4-5,14H2,(H,16,18)(H,17,20). The van der Waals surface area contributed by atoms with Crippen molar-refractivity contribution >= 4 is 22.5 Å². The zero-order valence-electron chi connectivity index (χ0n) is 10.7. The molecule has 0 saturated heterocycles. The van der Waals surface area contributed by atoms with E-state index in [4.69, 9.17) is 5.73 Å². The average molecular weight is 270 g/mol. The van der Waals surface area contributed by atoms with Crippen molar-refractivity contribution in [3.8, 4) is 0 Å². The van der Waals surface area contributed by atoms with E-state index in [9.17, 15) is 4.79 Å². The summed E-state index contributed by atoms with van der Waals surface area (Å²) >= 11 is 0. The van der Waals surface area contributed by atoms with Gasteiger partial charge in [0.2, 0.25) is 0 Å². The lowest BCUT2D eigenvalue weighted by Gasteiger charge is -2.04.